The molecule has 6 heteroatoms. The maximum Gasteiger partial charge on any atom is 0.237 e. The molecule has 1 fully saturated rings. The number of hydrogen-bond acceptors (Lipinski definition) is 5. The minimum Gasteiger partial charge on any atom is -0.368 e. The smallest absolute Gasteiger partial charge is 0.237 e. The molecule has 1 aliphatic carbocycles. The molecule has 132 valence electrons. The van der Waals surface area contributed by atoms with Crippen LogP contribution in [0.3, 0.4) is 0 Å². The summed E-state index contributed by atoms with van der Waals surface area (Å²) in [5.41, 5.74) is 1.50. The van der Waals surface area contributed by atoms with Crippen molar-refractivity contribution in [3.8, 4) is 0 Å². The summed E-state index contributed by atoms with van der Waals surface area (Å²) >= 11 is 1.61. The van der Waals surface area contributed by atoms with Gasteiger partial charge in [0.2, 0.25) is 5.91 Å². The number of amides is 1. The molecule has 5 nitrogen and oxygen atoms in total. The molecule has 0 radical (unpaired) electrons. The molecule has 2 aliphatic rings. The Morgan fingerprint density at radius 2 is 2.46 bits per heavy atom. The highest BCUT2D eigenvalue weighted by Gasteiger charge is 2.29. The number of morpholine rings is 1. The van der Waals surface area contributed by atoms with Gasteiger partial charge in [0.25, 0.3) is 0 Å². The van der Waals surface area contributed by atoms with E-state index in [1.54, 1.807) is 17.5 Å². The second-order valence-electron chi connectivity index (χ2n) is 6.55. The Bertz CT molecular complexity index is 559. The molecule has 0 unspecified atom stereocenters. The maximum atomic E-state index is 12.5. The summed E-state index contributed by atoms with van der Waals surface area (Å²) in [4.78, 5) is 19.0. The van der Waals surface area contributed by atoms with E-state index in [1.807, 2.05) is 12.3 Å². The van der Waals surface area contributed by atoms with Crippen LogP contribution < -0.4 is 5.32 Å². The maximum absolute atomic E-state index is 12.5. The van der Waals surface area contributed by atoms with E-state index in [1.165, 1.54) is 31.3 Å². The average molecular weight is 350 g/mol. The summed E-state index contributed by atoms with van der Waals surface area (Å²) in [7, 11) is 0. The number of hydrogen-bond donors (Lipinski definition) is 1. The highest BCUT2D eigenvalue weighted by molar-refractivity contribution is 7.09. The second kappa shape index (κ2) is 8.74. The van der Waals surface area contributed by atoms with Crippen molar-refractivity contribution >= 4 is 17.2 Å². The Kier molecular flexibility index (Phi) is 6.40. The largest absolute Gasteiger partial charge is 0.368 e. The van der Waals surface area contributed by atoms with Crippen LogP contribution in [-0.2, 0) is 9.53 Å². The number of aromatic nitrogens is 1. The Morgan fingerprint density at radius 1 is 1.54 bits per heavy atom. The van der Waals surface area contributed by atoms with Crippen LogP contribution in [0.1, 0.15) is 50.1 Å². The number of nitrogens with zero attached hydrogens (tertiary/aromatic N) is 2. The Morgan fingerprint density at radius 3 is 3.21 bits per heavy atom. The Balaban J connectivity index is 1.45. The Labute approximate surface area is 148 Å². The van der Waals surface area contributed by atoms with E-state index < -0.39 is 0 Å². The van der Waals surface area contributed by atoms with Gasteiger partial charge < -0.3 is 10.1 Å². The van der Waals surface area contributed by atoms with Crippen LogP contribution >= 0.6 is 11.3 Å². The van der Waals surface area contributed by atoms with E-state index in [0.29, 0.717) is 6.61 Å². The summed E-state index contributed by atoms with van der Waals surface area (Å²) in [6.07, 6.45) is 10.1. The van der Waals surface area contributed by atoms with Gasteiger partial charge in [0.15, 0.2) is 0 Å². The van der Waals surface area contributed by atoms with Crippen molar-refractivity contribution in [1.29, 1.82) is 0 Å². The fourth-order valence-corrected chi connectivity index (χ4v) is 4.03. The molecular weight excluding hydrogens is 322 g/mol. The molecule has 1 aromatic rings. The van der Waals surface area contributed by atoms with E-state index in [4.69, 9.17) is 4.74 Å². The minimum absolute atomic E-state index is 0.0126. The normalized spacial score (nSPS) is 23.5. The van der Waals surface area contributed by atoms with Gasteiger partial charge in [-0.05, 0) is 39.0 Å². The van der Waals surface area contributed by atoms with Gasteiger partial charge in [-0.1, -0.05) is 11.6 Å². The van der Waals surface area contributed by atoms with Crippen molar-refractivity contribution in [3.63, 3.8) is 0 Å². The number of carbonyl (C=O) groups excluding carboxylic acids is 1. The molecule has 2 atom stereocenters. The average Bonchev–Trinajstić information content (AvgIpc) is 3.17. The zero-order chi connectivity index (χ0) is 16.8. The highest BCUT2D eigenvalue weighted by atomic mass is 32.1. The number of thiazole rings is 1. The lowest BCUT2D eigenvalue weighted by Crippen LogP contribution is -2.50. The minimum atomic E-state index is -0.128. The zero-order valence-corrected chi connectivity index (χ0v) is 15.2. The van der Waals surface area contributed by atoms with Gasteiger partial charge in [-0.2, -0.15) is 0 Å². The van der Waals surface area contributed by atoms with Gasteiger partial charge >= 0.3 is 0 Å². The first kappa shape index (κ1) is 17.6. The molecule has 1 amide bonds. The third-order valence-corrected chi connectivity index (χ3v) is 5.75. The van der Waals surface area contributed by atoms with Crippen molar-refractivity contribution in [1.82, 2.24) is 15.2 Å². The summed E-state index contributed by atoms with van der Waals surface area (Å²) in [5.74, 6) is 0.117. The SMILES string of the molecule is C[C@H](C(=O)NCCC1=CCCCC1)N1CCO[C@@H](c2nccs2)C1. The number of carbonyl (C=O) groups is 1. The van der Waals surface area contributed by atoms with Gasteiger partial charge in [-0.25, -0.2) is 4.98 Å². The molecule has 2 heterocycles. The van der Waals surface area contributed by atoms with E-state index in [9.17, 15) is 4.79 Å². The fraction of sp³-hybridized carbons (Fsp3) is 0.667. The second-order valence-corrected chi connectivity index (χ2v) is 7.48. The van der Waals surface area contributed by atoms with Gasteiger partial charge in [-0.15, -0.1) is 11.3 Å². The van der Waals surface area contributed by atoms with Crippen LogP contribution in [0.4, 0.5) is 0 Å². The van der Waals surface area contributed by atoms with Crippen molar-refractivity contribution < 1.29 is 9.53 Å². The summed E-state index contributed by atoms with van der Waals surface area (Å²) in [6.45, 7) is 4.90. The summed E-state index contributed by atoms with van der Waals surface area (Å²) < 4.78 is 5.81. The van der Waals surface area contributed by atoms with E-state index >= 15 is 0 Å². The zero-order valence-electron chi connectivity index (χ0n) is 14.4. The molecule has 1 aromatic heterocycles. The number of allylic oxidation sites excluding steroid dienone is 1. The standard InChI is InChI=1S/C18H27N3O2S/c1-14(17(22)19-8-7-15-5-3-2-4-6-15)21-10-11-23-16(13-21)18-20-9-12-24-18/h5,9,12,14,16H,2-4,6-8,10-11,13H2,1H3,(H,19,22)/t14-,16-/m1/s1. The van der Waals surface area contributed by atoms with Gasteiger partial charge in [-0.3, -0.25) is 9.69 Å². The molecule has 24 heavy (non-hydrogen) atoms. The fourth-order valence-electron chi connectivity index (χ4n) is 3.36. The molecule has 0 spiro atoms. The predicted octanol–water partition coefficient (Wildman–Crippen LogP) is 2.91. The lowest BCUT2D eigenvalue weighted by Gasteiger charge is -2.35. The van der Waals surface area contributed by atoms with Crippen molar-refractivity contribution in [2.24, 2.45) is 0 Å². The van der Waals surface area contributed by atoms with Crippen molar-refractivity contribution in [2.75, 3.05) is 26.2 Å². The molecule has 0 aromatic carbocycles. The number of nitrogens with one attached hydrogen (secondary N) is 1. The molecule has 1 N–H and O–H groups in total. The first-order chi connectivity index (χ1) is 11.7. The highest BCUT2D eigenvalue weighted by Crippen LogP contribution is 2.25. The quantitative estimate of drug-likeness (QED) is 0.803. The summed E-state index contributed by atoms with van der Waals surface area (Å²) in [5, 5.41) is 6.06. The van der Waals surface area contributed by atoms with E-state index in [0.717, 1.165) is 31.1 Å². The van der Waals surface area contributed by atoms with Crippen LogP contribution in [-0.4, -0.2) is 48.1 Å². The third-order valence-electron chi connectivity index (χ3n) is 4.88. The molecular formula is C18H27N3O2S. The number of rotatable bonds is 6. The molecule has 3 rings (SSSR count). The lowest BCUT2D eigenvalue weighted by molar-refractivity contribution is -0.129. The van der Waals surface area contributed by atoms with Gasteiger partial charge in [0.05, 0.1) is 12.6 Å². The van der Waals surface area contributed by atoms with Crippen LogP contribution in [0.2, 0.25) is 0 Å². The third kappa shape index (κ3) is 4.65. The number of ether oxygens (including phenoxy) is 1. The van der Waals surface area contributed by atoms with Crippen LogP contribution in [0.25, 0.3) is 0 Å². The topological polar surface area (TPSA) is 54.5 Å². The molecule has 0 saturated carbocycles. The van der Waals surface area contributed by atoms with Crippen molar-refractivity contribution in [2.45, 2.75) is 51.2 Å². The molecule has 1 saturated heterocycles. The summed E-state index contributed by atoms with van der Waals surface area (Å²) in [6, 6.07) is -0.128. The molecule has 1 aliphatic heterocycles. The first-order valence-electron chi connectivity index (χ1n) is 8.94. The van der Waals surface area contributed by atoms with E-state index in [2.05, 4.69) is 21.3 Å². The van der Waals surface area contributed by atoms with Crippen LogP contribution in [0.15, 0.2) is 23.2 Å². The van der Waals surface area contributed by atoms with E-state index in [-0.39, 0.29) is 18.1 Å². The lowest BCUT2D eigenvalue weighted by atomic mass is 9.97. The van der Waals surface area contributed by atoms with Gasteiger partial charge in [0.1, 0.15) is 11.1 Å². The predicted molar refractivity (Wildman–Crippen MR) is 96.0 cm³/mol. The first-order valence-corrected chi connectivity index (χ1v) is 9.82. The van der Waals surface area contributed by atoms with Crippen LogP contribution in [0, 0.1) is 0 Å². The monoisotopic (exact) mass is 349 g/mol. The molecule has 0 bridgehead atoms. The Hall–Kier alpha value is -1.24. The van der Waals surface area contributed by atoms with Crippen LogP contribution in [0.5, 0.6) is 0 Å². The van der Waals surface area contributed by atoms with Crippen molar-refractivity contribution in [3.05, 3.63) is 28.2 Å². The van der Waals surface area contributed by atoms with Gasteiger partial charge in [0, 0.05) is 31.2 Å².